The van der Waals surface area contributed by atoms with Crippen LogP contribution in [0.2, 0.25) is 0 Å². The number of hydrogen-bond donors (Lipinski definition) is 1. The van der Waals surface area contributed by atoms with Crippen LogP contribution in [0.1, 0.15) is 5.56 Å². The number of nitrogen functional groups attached to an aromatic ring is 1. The molecule has 2 aromatic rings. The number of alkyl halides is 2. The molecule has 6 heteroatoms. The summed E-state index contributed by atoms with van der Waals surface area (Å²) in [5, 5.41) is 3.50. The van der Waals surface area contributed by atoms with Crippen LogP contribution < -0.4 is 10.5 Å². The molecule has 0 saturated heterocycles. The Kier molecular flexibility index (Phi) is 2.95. The summed E-state index contributed by atoms with van der Waals surface area (Å²) in [5.74, 6) is 0.273. The van der Waals surface area contributed by atoms with E-state index >= 15 is 0 Å². The zero-order chi connectivity index (χ0) is 12.4. The molecule has 0 radical (unpaired) electrons. The van der Waals surface area contributed by atoms with E-state index in [-0.39, 0.29) is 17.2 Å². The average Bonchev–Trinajstić information content (AvgIpc) is 2.67. The second kappa shape index (κ2) is 4.40. The fraction of sp³-hybridized carbons (Fsp3) is 0.182. The molecular formula is C11H10F2N2O2. The lowest BCUT2D eigenvalue weighted by molar-refractivity contribution is -0.0499. The van der Waals surface area contributed by atoms with Crippen molar-refractivity contribution < 1.29 is 18.0 Å². The van der Waals surface area contributed by atoms with Crippen LogP contribution in [0.15, 0.2) is 28.9 Å². The number of ether oxygens (including phenoxy) is 1. The standard InChI is InChI=1S/C11H10F2N2O2/c1-6-3-2-4-7(9(6)16-11(12)13)10-8(14)5-15-17-10/h2-5,11H,14H2,1H3. The predicted molar refractivity (Wildman–Crippen MR) is 57.7 cm³/mol. The molecule has 0 aliphatic carbocycles. The van der Waals surface area contributed by atoms with Crippen molar-refractivity contribution in [3.8, 4) is 17.1 Å². The van der Waals surface area contributed by atoms with Gasteiger partial charge in [0.25, 0.3) is 0 Å². The molecule has 0 unspecified atom stereocenters. The summed E-state index contributed by atoms with van der Waals surface area (Å²) in [5.41, 5.74) is 6.83. The van der Waals surface area contributed by atoms with Crippen LogP contribution in [-0.4, -0.2) is 11.8 Å². The van der Waals surface area contributed by atoms with Gasteiger partial charge in [0.15, 0.2) is 5.76 Å². The first-order valence-electron chi connectivity index (χ1n) is 4.84. The first kappa shape index (κ1) is 11.4. The number of para-hydroxylation sites is 1. The van der Waals surface area contributed by atoms with Crippen molar-refractivity contribution in [1.82, 2.24) is 5.16 Å². The van der Waals surface area contributed by atoms with Crippen LogP contribution in [0.4, 0.5) is 14.5 Å². The molecule has 0 amide bonds. The maximum absolute atomic E-state index is 12.3. The van der Waals surface area contributed by atoms with E-state index in [1.807, 2.05) is 0 Å². The molecule has 4 nitrogen and oxygen atoms in total. The molecule has 1 heterocycles. The second-order valence-corrected chi connectivity index (χ2v) is 3.44. The number of anilines is 1. The van der Waals surface area contributed by atoms with Crippen LogP contribution in [0.5, 0.6) is 5.75 Å². The average molecular weight is 240 g/mol. The van der Waals surface area contributed by atoms with Crippen molar-refractivity contribution in [2.75, 3.05) is 5.73 Å². The molecular weight excluding hydrogens is 230 g/mol. The first-order valence-corrected chi connectivity index (χ1v) is 4.84. The zero-order valence-electron chi connectivity index (χ0n) is 8.98. The lowest BCUT2D eigenvalue weighted by Gasteiger charge is -2.11. The Bertz CT molecular complexity index is 526. The van der Waals surface area contributed by atoms with Gasteiger partial charge in [0.2, 0.25) is 0 Å². The van der Waals surface area contributed by atoms with Gasteiger partial charge in [-0.3, -0.25) is 0 Å². The molecule has 2 rings (SSSR count). The van der Waals surface area contributed by atoms with E-state index < -0.39 is 6.61 Å². The van der Waals surface area contributed by atoms with Crippen molar-refractivity contribution in [2.24, 2.45) is 0 Å². The minimum Gasteiger partial charge on any atom is -0.434 e. The summed E-state index contributed by atoms with van der Waals surface area (Å²) in [6.45, 7) is -1.24. The number of halogens is 2. The van der Waals surface area contributed by atoms with E-state index in [1.54, 1.807) is 25.1 Å². The van der Waals surface area contributed by atoms with Crippen molar-refractivity contribution in [3.05, 3.63) is 30.0 Å². The Morgan fingerprint density at radius 2 is 2.18 bits per heavy atom. The molecule has 1 aromatic carbocycles. The number of nitrogens with zero attached hydrogens (tertiary/aromatic N) is 1. The van der Waals surface area contributed by atoms with Crippen LogP contribution in [0.3, 0.4) is 0 Å². The highest BCUT2D eigenvalue weighted by atomic mass is 19.3. The number of aryl methyl sites for hydroxylation is 1. The smallest absolute Gasteiger partial charge is 0.387 e. The fourth-order valence-corrected chi connectivity index (χ4v) is 1.53. The summed E-state index contributed by atoms with van der Waals surface area (Å²) in [6, 6.07) is 4.94. The Balaban J connectivity index is 2.54. The van der Waals surface area contributed by atoms with Gasteiger partial charge in [0.1, 0.15) is 11.4 Å². The van der Waals surface area contributed by atoms with Gasteiger partial charge in [-0.15, -0.1) is 0 Å². The van der Waals surface area contributed by atoms with E-state index in [1.165, 1.54) is 6.20 Å². The number of rotatable bonds is 3. The summed E-state index contributed by atoms with van der Waals surface area (Å²) >= 11 is 0. The Labute approximate surface area is 96.0 Å². The lowest BCUT2D eigenvalue weighted by Crippen LogP contribution is -2.04. The lowest BCUT2D eigenvalue weighted by atomic mass is 10.1. The minimum atomic E-state index is -2.90. The van der Waals surface area contributed by atoms with Crippen LogP contribution in [-0.2, 0) is 0 Å². The third kappa shape index (κ3) is 2.20. The van der Waals surface area contributed by atoms with Crippen molar-refractivity contribution in [1.29, 1.82) is 0 Å². The number of aromatic nitrogens is 1. The van der Waals surface area contributed by atoms with Gasteiger partial charge in [-0.05, 0) is 18.6 Å². The summed E-state index contributed by atoms with van der Waals surface area (Å²) in [6.07, 6.45) is 1.31. The molecule has 0 aliphatic rings. The molecule has 0 bridgehead atoms. The third-order valence-corrected chi connectivity index (χ3v) is 2.26. The monoisotopic (exact) mass is 240 g/mol. The highest BCUT2D eigenvalue weighted by Gasteiger charge is 2.18. The molecule has 90 valence electrons. The maximum Gasteiger partial charge on any atom is 0.387 e. The van der Waals surface area contributed by atoms with Crippen LogP contribution in [0.25, 0.3) is 11.3 Å². The van der Waals surface area contributed by atoms with E-state index in [0.717, 1.165) is 0 Å². The van der Waals surface area contributed by atoms with Gasteiger partial charge >= 0.3 is 6.61 Å². The molecule has 2 N–H and O–H groups in total. The molecule has 0 aliphatic heterocycles. The second-order valence-electron chi connectivity index (χ2n) is 3.44. The first-order chi connectivity index (χ1) is 8.09. The van der Waals surface area contributed by atoms with Gasteiger partial charge < -0.3 is 15.0 Å². The molecule has 0 saturated carbocycles. The third-order valence-electron chi connectivity index (χ3n) is 2.26. The van der Waals surface area contributed by atoms with E-state index in [4.69, 9.17) is 10.3 Å². The highest BCUT2D eigenvalue weighted by molar-refractivity contribution is 5.76. The number of benzene rings is 1. The van der Waals surface area contributed by atoms with Crippen molar-refractivity contribution in [3.63, 3.8) is 0 Å². The quantitative estimate of drug-likeness (QED) is 0.896. The SMILES string of the molecule is Cc1cccc(-c2oncc2N)c1OC(F)F. The van der Waals surface area contributed by atoms with E-state index in [9.17, 15) is 8.78 Å². The van der Waals surface area contributed by atoms with Gasteiger partial charge in [-0.2, -0.15) is 8.78 Å². The molecule has 0 atom stereocenters. The zero-order valence-corrected chi connectivity index (χ0v) is 8.98. The van der Waals surface area contributed by atoms with Crippen molar-refractivity contribution in [2.45, 2.75) is 13.5 Å². The van der Waals surface area contributed by atoms with Crippen molar-refractivity contribution >= 4 is 5.69 Å². The molecule has 0 fully saturated rings. The molecule has 17 heavy (non-hydrogen) atoms. The summed E-state index contributed by atoms with van der Waals surface area (Å²) in [7, 11) is 0. The van der Waals surface area contributed by atoms with Gasteiger partial charge in [0.05, 0.1) is 11.8 Å². The largest absolute Gasteiger partial charge is 0.434 e. The predicted octanol–water partition coefficient (Wildman–Crippen LogP) is 2.83. The van der Waals surface area contributed by atoms with Crippen LogP contribution in [0, 0.1) is 6.92 Å². The normalized spacial score (nSPS) is 10.8. The highest BCUT2D eigenvalue weighted by Crippen LogP contribution is 2.36. The fourth-order valence-electron chi connectivity index (χ4n) is 1.53. The number of hydrogen-bond acceptors (Lipinski definition) is 4. The van der Waals surface area contributed by atoms with Gasteiger partial charge in [0, 0.05) is 0 Å². The Morgan fingerprint density at radius 1 is 1.41 bits per heavy atom. The van der Waals surface area contributed by atoms with Crippen LogP contribution >= 0.6 is 0 Å². The molecule has 1 aromatic heterocycles. The Hall–Kier alpha value is -2.11. The van der Waals surface area contributed by atoms with E-state index in [0.29, 0.717) is 11.1 Å². The Morgan fingerprint density at radius 3 is 2.76 bits per heavy atom. The minimum absolute atomic E-state index is 0.0472. The topological polar surface area (TPSA) is 61.3 Å². The summed E-state index contributed by atoms with van der Waals surface area (Å²) < 4.78 is 34.1. The molecule has 0 spiro atoms. The van der Waals surface area contributed by atoms with E-state index in [2.05, 4.69) is 9.89 Å². The van der Waals surface area contributed by atoms with Gasteiger partial charge in [-0.25, -0.2) is 0 Å². The maximum atomic E-state index is 12.3. The summed E-state index contributed by atoms with van der Waals surface area (Å²) in [4.78, 5) is 0. The number of nitrogens with two attached hydrogens (primary N) is 1. The van der Waals surface area contributed by atoms with Gasteiger partial charge in [-0.1, -0.05) is 17.3 Å².